The fraction of sp³-hybridized carbons (Fsp3) is 0.783. The summed E-state index contributed by atoms with van der Waals surface area (Å²) in [7, 11) is 0. The summed E-state index contributed by atoms with van der Waals surface area (Å²) in [6, 6.07) is 0. The van der Waals surface area contributed by atoms with E-state index in [1.807, 2.05) is 0 Å². The van der Waals surface area contributed by atoms with Crippen LogP contribution in [0.25, 0.3) is 0 Å². The van der Waals surface area contributed by atoms with Gasteiger partial charge >= 0.3 is 17.9 Å². The molecule has 0 aliphatic carbocycles. The van der Waals surface area contributed by atoms with Gasteiger partial charge in [-0.3, -0.25) is 14.4 Å². The molecule has 0 aromatic carbocycles. The molecule has 0 heterocycles. The Morgan fingerprint density at radius 3 is 0.894 bits per heavy atom. The van der Waals surface area contributed by atoms with Gasteiger partial charge in [-0.05, 0) is 96.3 Å². The molecule has 0 aromatic rings. The number of rotatable bonds is 51. The van der Waals surface area contributed by atoms with Crippen LogP contribution in [0.5, 0.6) is 0 Å². The van der Waals surface area contributed by atoms with E-state index in [1.165, 1.54) is 167 Å². The Kier molecular flexibility index (Phi) is 52.3. The van der Waals surface area contributed by atoms with E-state index in [4.69, 9.17) is 14.2 Å². The molecule has 382 valence electrons. The molecule has 1 atom stereocenters. The molecule has 0 spiro atoms. The first-order chi connectivity index (χ1) is 32.5. The third kappa shape index (κ3) is 52.1. The minimum Gasteiger partial charge on any atom is -0.462 e. The summed E-state index contributed by atoms with van der Waals surface area (Å²) in [6.45, 7) is 6.58. The van der Waals surface area contributed by atoms with E-state index in [1.54, 1.807) is 0 Å². The Morgan fingerprint density at radius 2 is 0.545 bits per heavy atom. The van der Waals surface area contributed by atoms with E-state index < -0.39 is 6.10 Å². The van der Waals surface area contributed by atoms with E-state index in [-0.39, 0.29) is 31.1 Å². The van der Waals surface area contributed by atoms with Gasteiger partial charge in [0.2, 0.25) is 0 Å². The molecular weight excluding hydrogens is 817 g/mol. The molecule has 0 rings (SSSR count). The molecule has 0 aliphatic rings. The van der Waals surface area contributed by atoms with Gasteiger partial charge in [-0.15, -0.1) is 0 Å². The lowest BCUT2D eigenvalue weighted by Gasteiger charge is -2.18. The summed E-state index contributed by atoms with van der Waals surface area (Å²) in [5.74, 6) is -0.924. The van der Waals surface area contributed by atoms with Gasteiger partial charge in [-0.1, -0.05) is 229 Å². The fourth-order valence-electron chi connectivity index (χ4n) is 7.95. The molecule has 0 saturated carbocycles. The molecule has 0 aromatic heterocycles. The molecule has 0 saturated heterocycles. The Bertz CT molecular complexity index is 1200. The first kappa shape index (κ1) is 63.1. The zero-order valence-electron chi connectivity index (χ0n) is 43.7. The van der Waals surface area contributed by atoms with Crippen molar-refractivity contribution in [3.8, 4) is 0 Å². The van der Waals surface area contributed by atoms with Gasteiger partial charge in [0.05, 0.1) is 0 Å². The molecule has 0 amide bonds. The molecule has 1 unspecified atom stereocenters. The van der Waals surface area contributed by atoms with Gasteiger partial charge in [0.25, 0.3) is 0 Å². The van der Waals surface area contributed by atoms with Crippen LogP contribution in [0.3, 0.4) is 0 Å². The third-order valence-electron chi connectivity index (χ3n) is 12.3. The van der Waals surface area contributed by atoms with Crippen LogP contribution in [0.1, 0.15) is 284 Å². The lowest BCUT2D eigenvalue weighted by Crippen LogP contribution is -2.30. The van der Waals surface area contributed by atoms with Crippen LogP contribution in [0.2, 0.25) is 0 Å². The molecule has 0 bridgehead atoms. The molecule has 6 heteroatoms. The van der Waals surface area contributed by atoms with Gasteiger partial charge in [0.1, 0.15) is 13.2 Å². The Morgan fingerprint density at radius 1 is 0.303 bits per heavy atom. The maximum Gasteiger partial charge on any atom is 0.306 e. The average molecular weight is 924 g/mol. The number of hydrogen-bond acceptors (Lipinski definition) is 6. The van der Waals surface area contributed by atoms with Crippen molar-refractivity contribution in [1.82, 2.24) is 0 Å². The number of carbonyl (C=O) groups is 3. The number of esters is 3. The standard InChI is InChI=1S/C60H106O6/c1-4-7-10-13-16-19-22-25-28-30-33-35-38-41-44-47-50-53-59(62)65-56-57(55-64-58(61)52-49-46-43-40-37-34-31-27-24-21-18-15-12-9-6-3)66-60(63)54-51-48-45-42-39-36-32-29-26-23-20-17-14-11-8-5-2/h18,21,24-25,27-29,32,36,39,57H,4-17,19-20,22-23,26,30-31,33-35,37-38,40-56H2,1-3H3/b21-18-,27-24-,28-25-,32-29-,39-36-. The molecule has 0 radical (unpaired) electrons. The second-order valence-electron chi connectivity index (χ2n) is 18.9. The second-order valence-corrected chi connectivity index (χ2v) is 18.9. The van der Waals surface area contributed by atoms with Crippen molar-refractivity contribution in [1.29, 1.82) is 0 Å². The van der Waals surface area contributed by atoms with E-state index in [9.17, 15) is 14.4 Å². The van der Waals surface area contributed by atoms with E-state index >= 15 is 0 Å². The van der Waals surface area contributed by atoms with E-state index in [0.717, 1.165) is 77.0 Å². The molecule has 66 heavy (non-hydrogen) atoms. The summed E-state index contributed by atoms with van der Waals surface area (Å²) >= 11 is 0. The zero-order valence-corrected chi connectivity index (χ0v) is 43.7. The largest absolute Gasteiger partial charge is 0.462 e. The SMILES string of the molecule is CCCCC/C=C\C=C/CCCCCCCCC(=O)OCC(COC(=O)CCCCCCCCC/C=C\CCCCCCCC)OC(=O)CCCCC/C=C\C=C/CCCCCCCCC. The van der Waals surface area contributed by atoms with Gasteiger partial charge in [0.15, 0.2) is 6.10 Å². The highest BCUT2D eigenvalue weighted by molar-refractivity contribution is 5.71. The predicted octanol–water partition coefficient (Wildman–Crippen LogP) is 18.8. The fourth-order valence-corrected chi connectivity index (χ4v) is 7.95. The quantitative estimate of drug-likeness (QED) is 0.0199. The predicted molar refractivity (Wildman–Crippen MR) is 284 cm³/mol. The van der Waals surface area contributed by atoms with Crippen LogP contribution in [0, 0.1) is 0 Å². The van der Waals surface area contributed by atoms with Crippen molar-refractivity contribution in [2.24, 2.45) is 0 Å². The van der Waals surface area contributed by atoms with Crippen LogP contribution in [0.15, 0.2) is 60.8 Å². The maximum absolute atomic E-state index is 12.8. The normalized spacial score (nSPS) is 12.5. The summed E-state index contributed by atoms with van der Waals surface area (Å²) in [4.78, 5) is 38.1. The van der Waals surface area contributed by atoms with Crippen molar-refractivity contribution in [2.45, 2.75) is 290 Å². The summed E-state index contributed by atoms with van der Waals surface area (Å²) in [5, 5.41) is 0. The highest BCUT2D eigenvalue weighted by Gasteiger charge is 2.19. The van der Waals surface area contributed by atoms with Crippen molar-refractivity contribution in [2.75, 3.05) is 13.2 Å². The van der Waals surface area contributed by atoms with Crippen molar-refractivity contribution >= 4 is 17.9 Å². The third-order valence-corrected chi connectivity index (χ3v) is 12.3. The number of ether oxygens (including phenoxy) is 3. The number of allylic oxidation sites excluding steroid dienone is 10. The molecular formula is C60H106O6. The summed E-state index contributed by atoms with van der Waals surface area (Å²) in [5.41, 5.74) is 0. The number of carbonyl (C=O) groups excluding carboxylic acids is 3. The first-order valence-corrected chi connectivity index (χ1v) is 28.3. The smallest absolute Gasteiger partial charge is 0.306 e. The van der Waals surface area contributed by atoms with Crippen molar-refractivity contribution in [3.63, 3.8) is 0 Å². The summed E-state index contributed by atoms with van der Waals surface area (Å²) < 4.78 is 16.8. The highest BCUT2D eigenvalue weighted by Crippen LogP contribution is 2.15. The second kappa shape index (κ2) is 54.7. The number of hydrogen-bond donors (Lipinski definition) is 0. The van der Waals surface area contributed by atoms with Gasteiger partial charge in [-0.2, -0.15) is 0 Å². The van der Waals surface area contributed by atoms with Gasteiger partial charge in [-0.25, -0.2) is 0 Å². The number of unbranched alkanes of at least 4 members (excludes halogenated alkanes) is 32. The van der Waals surface area contributed by atoms with Crippen LogP contribution in [0.4, 0.5) is 0 Å². The van der Waals surface area contributed by atoms with Crippen LogP contribution in [-0.4, -0.2) is 37.2 Å². The molecule has 0 fully saturated rings. The first-order valence-electron chi connectivity index (χ1n) is 28.3. The molecule has 0 N–H and O–H groups in total. The maximum atomic E-state index is 12.8. The zero-order chi connectivity index (χ0) is 47.9. The lowest BCUT2D eigenvalue weighted by atomic mass is 10.1. The Balaban J connectivity index is 4.43. The van der Waals surface area contributed by atoms with Crippen LogP contribution in [-0.2, 0) is 28.6 Å². The summed E-state index contributed by atoms with van der Waals surface area (Å²) in [6.07, 6.45) is 67.7. The molecule has 6 nitrogen and oxygen atoms in total. The topological polar surface area (TPSA) is 78.9 Å². The van der Waals surface area contributed by atoms with Crippen molar-refractivity contribution in [3.05, 3.63) is 60.8 Å². The van der Waals surface area contributed by atoms with Crippen LogP contribution < -0.4 is 0 Å². The highest BCUT2D eigenvalue weighted by atomic mass is 16.6. The van der Waals surface area contributed by atoms with Crippen LogP contribution >= 0.6 is 0 Å². The minimum atomic E-state index is -0.794. The van der Waals surface area contributed by atoms with E-state index in [0.29, 0.717) is 19.3 Å². The van der Waals surface area contributed by atoms with Gasteiger partial charge in [0, 0.05) is 19.3 Å². The Hall–Kier alpha value is -2.89. The minimum absolute atomic E-state index is 0.0903. The monoisotopic (exact) mass is 923 g/mol. The van der Waals surface area contributed by atoms with E-state index in [2.05, 4.69) is 81.5 Å². The molecule has 0 aliphatic heterocycles. The average Bonchev–Trinajstić information content (AvgIpc) is 3.31. The van der Waals surface area contributed by atoms with Gasteiger partial charge < -0.3 is 14.2 Å². The van der Waals surface area contributed by atoms with Crippen molar-refractivity contribution < 1.29 is 28.6 Å². The Labute approximate surface area is 409 Å². The lowest BCUT2D eigenvalue weighted by molar-refractivity contribution is -0.167.